The van der Waals surface area contributed by atoms with E-state index in [-0.39, 0.29) is 23.6 Å². The van der Waals surface area contributed by atoms with E-state index in [4.69, 9.17) is 0 Å². The third kappa shape index (κ3) is 2.59. The van der Waals surface area contributed by atoms with Gasteiger partial charge in [0.15, 0.2) is 0 Å². The van der Waals surface area contributed by atoms with E-state index in [0.29, 0.717) is 5.56 Å². The Balaban J connectivity index is 2.33. The summed E-state index contributed by atoms with van der Waals surface area (Å²) in [6, 6.07) is 5.74. The molecule has 1 atom stereocenters. The van der Waals surface area contributed by atoms with E-state index in [2.05, 4.69) is 5.32 Å². The molecule has 1 fully saturated rings. The maximum atomic E-state index is 12.5. The number of hydrogen-bond donors (Lipinski definition) is 1. The van der Waals surface area contributed by atoms with Crippen LogP contribution in [0, 0.1) is 6.92 Å². The van der Waals surface area contributed by atoms with Gasteiger partial charge in [-0.3, -0.25) is 14.9 Å². The summed E-state index contributed by atoms with van der Waals surface area (Å²) in [6.07, 6.45) is 0.344. The third-order valence-electron chi connectivity index (χ3n) is 3.40. The summed E-state index contributed by atoms with van der Waals surface area (Å²) >= 11 is 0. The first kappa shape index (κ1) is 14.7. The Bertz CT molecular complexity index is 654. The number of benzene rings is 1. The highest BCUT2D eigenvalue weighted by atomic mass is 32.2. The fraction of sp³-hybridized carbons (Fsp3) is 0.385. The van der Waals surface area contributed by atoms with Gasteiger partial charge in [-0.25, -0.2) is 8.42 Å². The van der Waals surface area contributed by atoms with Gasteiger partial charge in [0.25, 0.3) is 0 Å². The molecule has 108 valence electrons. The molecule has 7 heteroatoms. The Labute approximate surface area is 117 Å². The average molecular weight is 296 g/mol. The molecule has 0 aliphatic carbocycles. The van der Waals surface area contributed by atoms with Crippen LogP contribution < -0.4 is 5.32 Å². The van der Waals surface area contributed by atoms with E-state index in [1.54, 1.807) is 25.1 Å². The van der Waals surface area contributed by atoms with Crippen LogP contribution >= 0.6 is 0 Å². The quantitative estimate of drug-likeness (QED) is 0.819. The number of sulfonamides is 1. The van der Waals surface area contributed by atoms with Crippen molar-refractivity contribution in [3.63, 3.8) is 0 Å². The molecule has 1 N–H and O–H groups in total. The van der Waals surface area contributed by atoms with Crippen LogP contribution in [0.2, 0.25) is 0 Å². The molecule has 1 saturated heterocycles. The van der Waals surface area contributed by atoms with Gasteiger partial charge in [-0.05, 0) is 25.0 Å². The molecule has 1 unspecified atom stereocenters. The average Bonchev–Trinajstić information content (AvgIpc) is 2.38. The molecule has 0 spiro atoms. The second-order valence-electron chi connectivity index (χ2n) is 4.75. The second kappa shape index (κ2) is 5.34. The number of carbonyl (C=O) groups excluding carboxylic acids is 2. The molecule has 1 aromatic carbocycles. The van der Waals surface area contributed by atoms with E-state index in [1.807, 2.05) is 0 Å². The van der Waals surface area contributed by atoms with Crippen LogP contribution in [-0.4, -0.2) is 37.6 Å². The van der Waals surface area contributed by atoms with Gasteiger partial charge in [-0.1, -0.05) is 18.2 Å². The van der Waals surface area contributed by atoms with Crippen LogP contribution in [0.4, 0.5) is 0 Å². The van der Waals surface area contributed by atoms with Crippen LogP contribution in [-0.2, 0) is 19.6 Å². The molecular formula is C13H16N2O4S. The lowest BCUT2D eigenvalue weighted by Gasteiger charge is -2.29. The lowest BCUT2D eigenvalue weighted by molar-refractivity contribution is -0.135. The number of amides is 2. The van der Waals surface area contributed by atoms with Crippen molar-refractivity contribution in [2.75, 3.05) is 7.05 Å². The number of carbonyl (C=O) groups is 2. The zero-order valence-corrected chi connectivity index (χ0v) is 12.1. The highest BCUT2D eigenvalue weighted by Gasteiger charge is 2.36. The number of aryl methyl sites for hydroxylation is 1. The molecule has 1 heterocycles. The molecule has 1 aliphatic heterocycles. The predicted octanol–water partition coefficient (Wildman–Crippen LogP) is 0.421. The predicted molar refractivity (Wildman–Crippen MR) is 72.3 cm³/mol. The number of nitrogens with zero attached hydrogens (tertiary/aromatic N) is 1. The topological polar surface area (TPSA) is 83.6 Å². The van der Waals surface area contributed by atoms with E-state index in [9.17, 15) is 18.0 Å². The zero-order chi connectivity index (χ0) is 14.9. The van der Waals surface area contributed by atoms with Crippen molar-refractivity contribution in [3.05, 3.63) is 29.8 Å². The van der Waals surface area contributed by atoms with Gasteiger partial charge in [0.1, 0.15) is 6.04 Å². The molecule has 0 aromatic heterocycles. The normalized spacial score (nSPS) is 20.1. The maximum absolute atomic E-state index is 12.5. The highest BCUT2D eigenvalue weighted by molar-refractivity contribution is 7.89. The van der Waals surface area contributed by atoms with Gasteiger partial charge < -0.3 is 0 Å². The Kier molecular flexibility index (Phi) is 3.92. The lowest BCUT2D eigenvalue weighted by Crippen LogP contribution is -2.52. The minimum Gasteiger partial charge on any atom is -0.295 e. The van der Waals surface area contributed by atoms with Crippen LogP contribution in [0.25, 0.3) is 0 Å². The Morgan fingerprint density at radius 2 is 1.90 bits per heavy atom. The molecule has 0 radical (unpaired) electrons. The highest BCUT2D eigenvalue weighted by Crippen LogP contribution is 2.22. The van der Waals surface area contributed by atoms with Crippen molar-refractivity contribution < 1.29 is 18.0 Å². The smallest absolute Gasteiger partial charge is 0.245 e. The van der Waals surface area contributed by atoms with E-state index < -0.39 is 22.0 Å². The molecule has 0 saturated carbocycles. The summed E-state index contributed by atoms with van der Waals surface area (Å²) < 4.78 is 26.1. The first-order valence-corrected chi connectivity index (χ1v) is 7.65. The van der Waals surface area contributed by atoms with Gasteiger partial charge >= 0.3 is 0 Å². The van der Waals surface area contributed by atoms with Crippen LogP contribution in [0.3, 0.4) is 0 Å². The van der Waals surface area contributed by atoms with Crippen LogP contribution in [0.15, 0.2) is 29.2 Å². The minimum atomic E-state index is -3.76. The number of nitrogens with one attached hydrogen (secondary N) is 1. The molecular weight excluding hydrogens is 280 g/mol. The largest absolute Gasteiger partial charge is 0.295 e. The summed E-state index contributed by atoms with van der Waals surface area (Å²) in [7, 11) is -2.40. The number of hydrogen-bond acceptors (Lipinski definition) is 4. The minimum absolute atomic E-state index is 0.143. The van der Waals surface area contributed by atoms with Crippen molar-refractivity contribution in [3.8, 4) is 0 Å². The summed E-state index contributed by atoms with van der Waals surface area (Å²) in [5, 5.41) is 2.16. The van der Waals surface area contributed by atoms with Crippen LogP contribution in [0.1, 0.15) is 18.4 Å². The zero-order valence-electron chi connectivity index (χ0n) is 11.3. The number of imide groups is 1. The van der Waals surface area contributed by atoms with Crippen molar-refractivity contribution in [2.24, 2.45) is 0 Å². The lowest BCUT2D eigenvalue weighted by atomic mass is 10.1. The molecule has 2 amide bonds. The summed E-state index contributed by atoms with van der Waals surface area (Å²) in [4.78, 5) is 23.1. The fourth-order valence-electron chi connectivity index (χ4n) is 2.20. The molecule has 2 rings (SSSR count). The van der Waals surface area contributed by atoms with E-state index in [1.165, 1.54) is 13.1 Å². The number of rotatable bonds is 3. The summed E-state index contributed by atoms with van der Waals surface area (Å²) in [5.41, 5.74) is 0.617. The van der Waals surface area contributed by atoms with Crippen molar-refractivity contribution >= 4 is 21.8 Å². The van der Waals surface area contributed by atoms with E-state index in [0.717, 1.165) is 4.31 Å². The molecule has 0 bridgehead atoms. The molecule has 1 aromatic rings. The van der Waals surface area contributed by atoms with Crippen molar-refractivity contribution in [1.82, 2.24) is 9.62 Å². The number of likely N-dealkylation sites (N-methyl/N-ethyl adjacent to an activating group) is 1. The van der Waals surface area contributed by atoms with Gasteiger partial charge in [0.05, 0.1) is 4.90 Å². The van der Waals surface area contributed by atoms with E-state index >= 15 is 0 Å². The number of piperidine rings is 1. The second-order valence-corrected chi connectivity index (χ2v) is 6.72. The first-order chi connectivity index (χ1) is 9.34. The molecule has 6 nitrogen and oxygen atoms in total. The fourth-order valence-corrected chi connectivity index (χ4v) is 3.77. The SMILES string of the molecule is Cc1ccccc1S(=O)(=O)N(C)C1CCC(=O)NC1=O. The van der Waals surface area contributed by atoms with Gasteiger partial charge in [-0.2, -0.15) is 4.31 Å². The standard InChI is InChI=1S/C13H16N2O4S/c1-9-5-3-4-6-11(9)20(18,19)15(2)10-7-8-12(16)14-13(10)17/h3-6,10H,7-8H2,1-2H3,(H,14,16,17). The van der Waals surface area contributed by atoms with Crippen molar-refractivity contribution in [2.45, 2.75) is 30.7 Å². The Morgan fingerprint density at radius 3 is 2.50 bits per heavy atom. The monoisotopic (exact) mass is 296 g/mol. The van der Waals surface area contributed by atoms with Gasteiger partial charge in [0, 0.05) is 13.5 Å². The molecule has 20 heavy (non-hydrogen) atoms. The Morgan fingerprint density at radius 1 is 1.25 bits per heavy atom. The maximum Gasteiger partial charge on any atom is 0.245 e. The summed E-state index contributed by atoms with van der Waals surface area (Å²) in [5.74, 6) is -0.936. The van der Waals surface area contributed by atoms with Gasteiger partial charge in [-0.15, -0.1) is 0 Å². The third-order valence-corrected chi connectivity index (χ3v) is 5.43. The molecule has 1 aliphatic rings. The Hall–Kier alpha value is -1.73. The van der Waals surface area contributed by atoms with Crippen LogP contribution in [0.5, 0.6) is 0 Å². The summed E-state index contributed by atoms with van der Waals surface area (Å²) in [6.45, 7) is 1.70. The van der Waals surface area contributed by atoms with Crippen molar-refractivity contribution in [1.29, 1.82) is 0 Å². The first-order valence-electron chi connectivity index (χ1n) is 6.21. The van der Waals surface area contributed by atoms with Gasteiger partial charge in [0.2, 0.25) is 21.8 Å².